The van der Waals surface area contributed by atoms with Crippen molar-refractivity contribution in [2.75, 3.05) is 21.3 Å². The first-order valence-corrected chi connectivity index (χ1v) is 4.83. The Bertz CT molecular complexity index is 240. The molecule has 0 aliphatic rings. The maximum absolute atomic E-state index is 11.6. The van der Waals surface area contributed by atoms with E-state index in [4.69, 9.17) is 0 Å². The summed E-state index contributed by atoms with van der Waals surface area (Å²) in [6.07, 6.45) is 0. The molecule has 0 bridgehead atoms. The van der Waals surface area contributed by atoms with Gasteiger partial charge in [0.05, 0.1) is 0 Å². The molecule has 0 heterocycles. The van der Waals surface area contributed by atoms with Crippen LogP contribution in [0.5, 0.6) is 0 Å². The highest BCUT2D eigenvalue weighted by Crippen LogP contribution is 2.46. The monoisotopic (exact) mass is 194 g/mol. The van der Waals surface area contributed by atoms with Gasteiger partial charge in [-0.25, -0.2) is 9.56 Å². The zero-order chi connectivity index (χ0) is 9.78. The molecule has 5 nitrogen and oxygen atoms in total. The quantitative estimate of drug-likeness (QED) is 0.468. The number of carbonyl (C=O) groups excluding carboxylic acids is 1. The molecule has 70 valence electrons. The van der Waals surface area contributed by atoms with Crippen LogP contribution in [0.25, 0.3) is 0 Å². The van der Waals surface area contributed by atoms with Crippen LogP contribution in [0.1, 0.15) is 6.92 Å². The van der Waals surface area contributed by atoms with Gasteiger partial charge in [0, 0.05) is 21.1 Å². The smallest absolute Gasteiger partial charge is 0.304 e. The highest BCUT2D eigenvalue weighted by Gasteiger charge is 2.38. The van der Waals surface area contributed by atoms with Gasteiger partial charge in [-0.05, 0) is 0 Å². The molecule has 0 saturated carbocycles. The summed E-state index contributed by atoms with van der Waals surface area (Å²) >= 11 is 0. The molecule has 12 heavy (non-hydrogen) atoms. The third-order valence-electron chi connectivity index (χ3n) is 1.32. The average Bonchev–Trinajstić information content (AvgIpc) is 2.04. The lowest BCUT2D eigenvalue weighted by Crippen LogP contribution is -2.69. The minimum absolute atomic E-state index is 0.0347. The first kappa shape index (κ1) is 11.5. The Morgan fingerprint density at radius 3 is 1.83 bits per heavy atom. The van der Waals surface area contributed by atoms with Gasteiger partial charge < -0.3 is 9.05 Å². The third kappa shape index (κ3) is 2.24. The summed E-state index contributed by atoms with van der Waals surface area (Å²) in [6, 6.07) is 0. The van der Waals surface area contributed by atoms with Crippen LogP contribution in [0.15, 0.2) is 0 Å². The summed E-state index contributed by atoms with van der Waals surface area (Å²) < 4.78 is 20.8. The van der Waals surface area contributed by atoms with Crippen LogP contribution >= 0.6 is 7.60 Å². The fourth-order valence-electron chi connectivity index (χ4n) is 0.763. The molecule has 0 radical (unpaired) electrons. The van der Waals surface area contributed by atoms with Gasteiger partial charge in [-0.3, -0.25) is 4.79 Å². The second-order valence-corrected chi connectivity index (χ2v) is 4.19. The average molecular weight is 194 g/mol. The van der Waals surface area contributed by atoms with Crippen LogP contribution in [0, 0.1) is 0 Å². The number of rotatable bonds is 4. The number of carbonyl (C=O) groups is 1. The summed E-state index contributed by atoms with van der Waals surface area (Å²) in [6.45, 7) is 1.29. The lowest BCUT2D eigenvalue weighted by atomic mass is 10.5. The van der Waals surface area contributed by atoms with Gasteiger partial charge in [0.2, 0.25) is 5.78 Å². The van der Waals surface area contributed by atoms with Crippen molar-refractivity contribution in [3.8, 4) is 0 Å². The van der Waals surface area contributed by atoms with E-state index >= 15 is 0 Å². The van der Waals surface area contributed by atoms with E-state index in [-0.39, 0.29) is 11.2 Å². The topological polar surface area (TPSA) is 66.6 Å². The molecule has 0 amide bonds. The van der Waals surface area contributed by atoms with Crippen molar-refractivity contribution in [1.29, 1.82) is 0 Å². The largest absolute Gasteiger partial charge is 0.427 e. The molecule has 0 atom stereocenters. The molecule has 0 saturated heterocycles. The second kappa shape index (κ2) is 4.50. The third-order valence-corrected chi connectivity index (χ3v) is 3.37. The lowest BCUT2D eigenvalue weighted by molar-refractivity contribution is -0.416. The minimum Gasteiger partial charge on any atom is -0.304 e. The Labute approximate surface area is 71.3 Å². The first-order chi connectivity index (χ1) is 5.51. The van der Waals surface area contributed by atoms with Crippen molar-refractivity contribution in [3.63, 3.8) is 0 Å². The standard InChI is InChI=1S/C6H12NO4P/c1-5(8)6(7-2)12(9,10-3)11-4/h1-4H3/p+1. The number of nitrogens with one attached hydrogen (secondary N) is 1. The molecule has 1 N–H and O–H groups in total. The summed E-state index contributed by atoms with van der Waals surface area (Å²) in [7, 11) is 0.550. The van der Waals surface area contributed by atoms with Gasteiger partial charge in [-0.1, -0.05) is 0 Å². The Morgan fingerprint density at radius 1 is 1.33 bits per heavy atom. The number of hydrogen-bond donors (Lipinski definition) is 1. The minimum atomic E-state index is -3.39. The Morgan fingerprint density at radius 2 is 1.75 bits per heavy atom. The van der Waals surface area contributed by atoms with E-state index in [2.05, 4.69) is 14.0 Å². The lowest BCUT2D eigenvalue weighted by Gasteiger charge is -2.08. The van der Waals surface area contributed by atoms with E-state index in [1.54, 1.807) is 0 Å². The van der Waals surface area contributed by atoms with Crippen LogP contribution in [-0.2, 0) is 18.4 Å². The number of ketones is 1. The van der Waals surface area contributed by atoms with Crippen molar-refractivity contribution in [3.05, 3.63) is 0 Å². The molecule has 0 fully saturated rings. The zero-order valence-electron chi connectivity index (χ0n) is 7.58. The van der Waals surface area contributed by atoms with E-state index in [1.807, 2.05) is 0 Å². The number of hydrogen-bond acceptors (Lipinski definition) is 4. The molecule has 0 aromatic heterocycles. The molecule has 0 spiro atoms. The molecular formula is C6H13NO4P+. The summed E-state index contributed by atoms with van der Waals surface area (Å²) in [4.78, 5) is 13.4. The predicted molar refractivity (Wildman–Crippen MR) is 44.2 cm³/mol. The van der Waals surface area contributed by atoms with Gasteiger partial charge in [-0.15, -0.1) is 0 Å². The number of Topliss-reactive ketones (excluding diaryl/α,β-unsaturated/α-hetero) is 1. The van der Waals surface area contributed by atoms with Gasteiger partial charge in [0.25, 0.3) is 0 Å². The SMILES string of the molecule is C[NH+]=C(C(C)=O)P(=O)(OC)OC. The first-order valence-electron chi connectivity index (χ1n) is 3.29. The maximum Gasteiger partial charge on any atom is 0.427 e. The van der Waals surface area contributed by atoms with Crippen molar-refractivity contribution < 1.29 is 23.4 Å². The van der Waals surface area contributed by atoms with E-state index in [1.165, 1.54) is 28.2 Å². The Hall–Kier alpha value is -0.510. The summed E-state index contributed by atoms with van der Waals surface area (Å²) in [5, 5.41) is 0. The van der Waals surface area contributed by atoms with Crippen molar-refractivity contribution in [2.45, 2.75) is 6.92 Å². The zero-order valence-corrected chi connectivity index (χ0v) is 8.47. The molecule has 6 heteroatoms. The van der Waals surface area contributed by atoms with Crippen LogP contribution in [-0.4, -0.2) is 32.5 Å². The van der Waals surface area contributed by atoms with Gasteiger partial charge in [-0.2, -0.15) is 0 Å². The van der Waals surface area contributed by atoms with E-state index in [9.17, 15) is 9.36 Å². The van der Waals surface area contributed by atoms with Crippen molar-refractivity contribution in [2.24, 2.45) is 0 Å². The second-order valence-electron chi connectivity index (χ2n) is 2.02. The van der Waals surface area contributed by atoms with Crippen molar-refractivity contribution in [1.82, 2.24) is 0 Å². The fourth-order valence-corrected chi connectivity index (χ4v) is 1.94. The van der Waals surface area contributed by atoms with Crippen LogP contribution in [0.4, 0.5) is 0 Å². The Balaban J connectivity index is 4.97. The molecule has 0 aliphatic carbocycles. The summed E-state index contributed by atoms with van der Waals surface area (Å²) in [5.74, 6) is -0.357. The van der Waals surface area contributed by atoms with Gasteiger partial charge in [0.15, 0.2) is 0 Å². The van der Waals surface area contributed by atoms with Gasteiger partial charge >= 0.3 is 13.0 Å². The predicted octanol–water partition coefficient (Wildman–Crippen LogP) is -0.830. The normalized spacial score (nSPS) is 13.2. The summed E-state index contributed by atoms with van der Waals surface area (Å²) in [5.41, 5.74) is -0.0347. The highest BCUT2D eigenvalue weighted by molar-refractivity contribution is 7.74. The molecular weight excluding hydrogens is 181 g/mol. The van der Waals surface area contributed by atoms with E-state index in [0.29, 0.717) is 0 Å². The molecule has 0 aliphatic heterocycles. The Kier molecular flexibility index (Phi) is 4.31. The molecule has 0 aromatic carbocycles. The fraction of sp³-hybridized carbons (Fsp3) is 0.667. The van der Waals surface area contributed by atoms with Crippen LogP contribution in [0.3, 0.4) is 0 Å². The van der Waals surface area contributed by atoms with Gasteiger partial charge in [0.1, 0.15) is 7.05 Å². The highest BCUT2D eigenvalue weighted by atomic mass is 31.2. The molecule has 0 aromatic rings. The molecule has 0 unspecified atom stereocenters. The van der Waals surface area contributed by atoms with Crippen LogP contribution < -0.4 is 4.99 Å². The van der Waals surface area contributed by atoms with Crippen LogP contribution in [0.2, 0.25) is 0 Å². The van der Waals surface area contributed by atoms with E-state index in [0.717, 1.165) is 0 Å². The van der Waals surface area contributed by atoms with E-state index < -0.39 is 7.60 Å². The van der Waals surface area contributed by atoms with Crippen molar-refractivity contribution >= 4 is 18.8 Å². The maximum atomic E-state index is 11.6. The molecule has 0 rings (SSSR count).